The van der Waals surface area contributed by atoms with E-state index >= 15 is 0 Å². The zero-order chi connectivity index (χ0) is 14.5. The van der Waals surface area contributed by atoms with Gasteiger partial charge < -0.3 is 0 Å². The SMILES string of the molecule is Cc1ccc(C(=O)N(S)C(=O)Nc2ccccn2)cc1. The Morgan fingerprint density at radius 2 is 1.85 bits per heavy atom. The molecule has 2 rings (SSSR count). The molecular weight excluding hydrogens is 274 g/mol. The summed E-state index contributed by atoms with van der Waals surface area (Å²) < 4.78 is 0.722. The topological polar surface area (TPSA) is 62.3 Å². The second-order valence-electron chi connectivity index (χ2n) is 4.13. The summed E-state index contributed by atoms with van der Waals surface area (Å²) in [5.74, 6) is -0.143. The molecule has 0 unspecified atom stereocenters. The predicted octanol–water partition coefficient (Wildman–Crippen LogP) is 2.91. The number of carbonyl (C=O) groups excluding carboxylic acids is 2. The molecule has 20 heavy (non-hydrogen) atoms. The van der Waals surface area contributed by atoms with E-state index in [4.69, 9.17) is 0 Å². The minimum absolute atomic E-state index is 0.355. The first-order valence-corrected chi connectivity index (χ1v) is 6.30. The van der Waals surface area contributed by atoms with Crippen LogP contribution in [0.15, 0.2) is 48.7 Å². The number of nitrogens with zero attached hydrogens (tertiary/aromatic N) is 2. The van der Waals surface area contributed by atoms with Crippen LogP contribution < -0.4 is 5.32 Å². The van der Waals surface area contributed by atoms with Gasteiger partial charge in [-0.05, 0) is 31.2 Å². The van der Waals surface area contributed by atoms with Crippen LogP contribution in [0.3, 0.4) is 0 Å². The maximum atomic E-state index is 12.1. The number of amides is 3. The van der Waals surface area contributed by atoms with Crippen molar-refractivity contribution in [3.8, 4) is 0 Å². The van der Waals surface area contributed by atoms with Gasteiger partial charge in [0.05, 0.1) is 0 Å². The number of nitrogens with one attached hydrogen (secondary N) is 1. The Bertz CT molecular complexity index is 614. The lowest BCUT2D eigenvalue weighted by Crippen LogP contribution is -2.32. The molecule has 5 nitrogen and oxygen atoms in total. The molecule has 0 atom stereocenters. The van der Waals surface area contributed by atoms with Crippen LogP contribution in [0.2, 0.25) is 0 Å². The molecule has 1 heterocycles. The predicted molar refractivity (Wildman–Crippen MR) is 79.6 cm³/mol. The van der Waals surface area contributed by atoms with Gasteiger partial charge in [-0.1, -0.05) is 36.6 Å². The third-order valence-corrected chi connectivity index (χ3v) is 2.95. The molecule has 1 aromatic heterocycles. The van der Waals surface area contributed by atoms with Crippen LogP contribution in [0.25, 0.3) is 0 Å². The highest BCUT2D eigenvalue weighted by Crippen LogP contribution is 2.11. The van der Waals surface area contributed by atoms with Crippen molar-refractivity contribution in [1.82, 2.24) is 9.29 Å². The molecule has 102 valence electrons. The lowest BCUT2D eigenvalue weighted by Gasteiger charge is -2.14. The monoisotopic (exact) mass is 287 g/mol. The molecule has 1 N–H and O–H groups in total. The molecule has 0 saturated heterocycles. The molecule has 1 aromatic carbocycles. The third-order valence-electron chi connectivity index (χ3n) is 2.58. The van der Waals surface area contributed by atoms with Crippen molar-refractivity contribution in [1.29, 1.82) is 0 Å². The van der Waals surface area contributed by atoms with E-state index in [-0.39, 0.29) is 0 Å². The van der Waals surface area contributed by atoms with Crippen molar-refractivity contribution in [3.63, 3.8) is 0 Å². The van der Waals surface area contributed by atoms with Crippen molar-refractivity contribution in [3.05, 3.63) is 59.8 Å². The summed E-state index contributed by atoms with van der Waals surface area (Å²) in [5, 5.41) is 2.48. The first-order chi connectivity index (χ1) is 9.58. The largest absolute Gasteiger partial charge is 0.340 e. The fourth-order valence-electron chi connectivity index (χ4n) is 1.51. The van der Waals surface area contributed by atoms with E-state index in [1.807, 2.05) is 6.92 Å². The van der Waals surface area contributed by atoms with Gasteiger partial charge in [-0.25, -0.2) is 14.1 Å². The number of aromatic nitrogens is 1. The number of imide groups is 1. The Balaban J connectivity index is 2.06. The Labute approximate surface area is 122 Å². The first-order valence-electron chi connectivity index (χ1n) is 5.90. The molecule has 3 amide bonds. The number of urea groups is 1. The molecular formula is C14H13N3O2S. The fraction of sp³-hybridized carbons (Fsp3) is 0.0714. The Morgan fingerprint density at radius 3 is 2.45 bits per heavy atom. The maximum absolute atomic E-state index is 12.1. The summed E-state index contributed by atoms with van der Waals surface area (Å²) in [6, 6.07) is 11.3. The van der Waals surface area contributed by atoms with Gasteiger partial charge in [-0.15, -0.1) is 0 Å². The second-order valence-corrected chi connectivity index (χ2v) is 4.53. The number of aryl methyl sites for hydroxylation is 1. The number of hydrogen-bond acceptors (Lipinski definition) is 4. The van der Waals surface area contributed by atoms with Crippen LogP contribution in [-0.2, 0) is 0 Å². The average Bonchev–Trinajstić information content (AvgIpc) is 2.47. The highest BCUT2D eigenvalue weighted by atomic mass is 32.1. The molecule has 0 fully saturated rings. The standard InChI is InChI=1S/C14H13N3O2S/c1-10-5-7-11(8-6-10)13(18)17(20)14(19)16-12-4-2-3-9-15-12/h2-9,20H,1H3,(H,15,16,19). The van der Waals surface area contributed by atoms with Crippen LogP contribution >= 0.6 is 12.8 Å². The first kappa shape index (κ1) is 14.1. The smallest absolute Gasteiger partial charge is 0.291 e. The number of hydrogen-bond donors (Lipinski definition) is 2. The highest BCUT2D eigenvalue weighted by molar-refractivity contribution is 7.79. The molecule has 0 aliphatic heterocycles. The average molecular weight is 287 g/mol. The van der Waals surface area contributed by atoms with E-state index in [0.29, 0.717) is 11.4 Å². The number of rotatable bonds is 2. The van der Waals surface area contributed by atoms with Crippen molar-refractivity contribution < 1.29 is 9.59 Å². The van der Waals surface area contributed by atoms with Gasteiger partial charge in [-0.2, -0.15) is 0 Å². The maximum Gasteiger partial charge on any atom is 0.340 e. The normalized spacial score (nSPS) is 9.90. The molecule has 0 spiro atoms. The van der Waals surface area contributed by atoms with Crippen molar-refractivity contribution in [2.24, 2.45) is 0 Å². The summed E-state index contributed by atoms with van der Waals surface area (Å²) >= 11 is 3.93. The quantitative estimate of drug-likeness (QED) is 0.835. The van der Waals surface area contributed by atoms with Gasteiger partial charge >= 0.3 is 6.03 Å². The van der Waals surface area contributed by atoms with E-state index < -0.39 is 11.9 Å². The molecule has 0 radical (unpaired) electrons. The molecule has 0 bridgehead atoms. The minimum Gasteiger partial charge on any atom is -0.291 e. The van der Waals surface area contributed by atoms with Gasteiger partial charge in [0.15, 0.2) is 0 Å². The van der Waals surface area contributed by atoms with Gasteiger partial charge in [0.25, 0.3) is 5.91 Å². The zero-order valence-corrected chi connectivity index (χ0v) is 11.7. The number of anilines is 1. The van der Waals surface area contributed by atoms with Crippen molar-refractivity contribution in [2.45, 2.75) is 6.92 Å². The number of carbonyl (C=O) groups is 2. The summed E-state index contributed by atoms with van der Waals surface area (Å²) in [6.45, 7) is 1.92. The van der Waals surface area contributed by atoms with Crippen LogP contribution in [0.4, 0.5) is 10.6 Å². The van der Waals surface area contributed by atoms with Gasteiger partial charge in [0.1, 0.15) is 5.82 Å². The highest BCUT2D eigenvalue weighted by Gasteiger charge is 2.19. The summed E-state index contributed by atoms with van der Waals surface area (Å²) in [5.41, 5.74) is 1.42. The Morgan fingerprint density at radius 1 is 1.15 bits per heavy atom. The second kappa shape index (κ2) is 6.21. The van der Waals surface area contributed by atoms with Crippen molar-refractivity contribution >= 4 is 30.6 Å². The Hall–Kier alpha value is -2.34. The van der Waals surface area contributed by atoms with Gasteiger partial charge in [0, 0.05) is 11.8 Å². The third kappa shape index (κ3) is 3.36. The summed E-state index contributed by atoms with van der Waals surface area (Å²) in [4.78, 5) is 27.9. The number of benzene rings is 1. The van der Waals surface area contributed by atoms with Gasteiger partial charge in [0.2, 0.25) is 0 Å². The number of pyridine rings is 1. The molecule has 6 heteroatoms. The van der Waals surface area contributed by atoms with E-state index in [2.05, 4.69) is 23.1 Å². The van der Waals surface area contributed by atoms with E-state index in [9.17, 15) is 9.59 Å². The minimum atomic E-state index is -0.655. The van der Waals surface area contributed by atoms with Gasteiger partial charge in [-0.3, -0.25) is 10.1 Å². The van der Waals surface area contributed by atoms with Crippen LogP contribution in [0.1, 0.15) is 15.9 Å². The van der Waals surface area contributed by atoms with E-state index in [0.717, 1.165) is 9.87 Å². The van der Waals surface area contributed by atoms with Crippen LogP contribution in [-0.4, -0.2) is 21.2 Å². The molecule has 0 aliphatic carbocycles. The van der Waals surface area contributed by atoms with E-state index in [1.165, 1.54) is 0 Å². The summed E-state index contributed by atoms with van der Waals surface area (Å²) in [7, 11) is 0. The van der Waals surface area contributed by atoms with Crippen LogP contribution in [0, 0.1) is 6.92 Å². The lowest BCUT2D eigenvalue weighted by molar-refractivity contribution is 0.0902. The van der Waals surface area contributed by atoms with E-state index in [1.54, 1.807) is 48.7 Å². The number of thiol groups is 1. The van der Waals surface area contributed by atoms with Crippen molar-refractivity contribution in [2.75, 3.05) is 5.32 Å². The zero-order valence-electron chi connectivity index (χ0n) is 10.8. The van der Waals surface area contributed by atoms with Crippen LogP contribution in [0.5, 0.6) is 0 Å². The summed E-state index contributed by atoms with van der Waals surface area (Å²) in [6.07, 6.45) is 1.54. The fourth-order valence-corrected chi connectivity index (χ4v) is 1.68. The molecule has 0 aliphatic rings. The lowest BCUT2D eigenvalue weighted by atomic mass is 10.1. The Kier molecular flexibility index (Phi) is 4.37. The molecule has 0 saturated carbocycles. The molecule has 2 aromatic rings.